The molecule has 0 radical (unpaired) electrons. The highest BCUT2D eigenvalue weighted by Crippen LogP contribution is 2.18. The monoisotopic (exact) mass is 295 g/mol. The molecule has 1 aliphatic rings. The average molecular weight is 296 g/mol. The van der Waals surface area contributed by atoms with Gasteiger partial charge in [-0.3, -0.25) is 4.79 Å². The number of rotatable bonds is 5. The molecule has 5 heteroatoms. The highest BCUT2D eigenvalue weighted by molar-refractivity contribution is 6.34. The quantitative estimate of drug-likeness (QED) is 0.820. The zero-order valence-electron chi connectivity index (χ0n) is 11.9. The minimum atomic E-state index is -0.157. The Hall–Kier alpha value is -1.26. The van der Waals surface area contributed by atoms with Crippen LogP contribution < -0.4 is 11.1 Å². The Morgan fingerprint density at radius 2 is 2.15 bits per heavy atom. The summed E-state index contributed by atoms with van der Waals surface area (Å²) in [5, 5.41) is 3.37. The molecular weight excluding hydrogens is 274 g/mol. The summed E-state index contributed by atoms with van der Waals surface area (Å²) in [5.74, 6) is 0.271. The van der Waals surface area contributed by atoms with Crippen LogP contribution >= 0.6 is 11.6 Å². The Labute approximate surface area is 125 Å². The summed E-state index contributed by atoms with van der Waals surface area (Å²) in [6.07, 6.45) is 2.58. The standard InChI is InChI=1S/C15H22ClN3O/c1-11(10-19-6-2-3-7-19)9-18-15(20)13-8-12(17)4-5-14(13)16/h4-5,8,11H,2-3,6-7,9-10,17H2,1H3,(H,18,20). The Morgan fingerprint density at radius 3 is 2.85 bits per heavy atom. The van der Waals surface area contributed by atoms with Gasteiger partial charge >= 0.3 is 0 Å². The lowest BCUT2D eigenvalue weighted by atomic mass is 10.1. The highest BCUT2D eigenvalue weighted by atomic mass is 35.5. The van der Waals surface area contributed by atoms with Crippen molar-refractivity contribution in [3.05, 3.63) is 28.8 Å². The molecule has 3 N–H and O–H groups in total. The Kier molecular flexibility index (Phi) is 5.26. The summed E-state index contributed by atoms with van der Waals surface area (Å²) in [4.78, 5) is 14.5. The van der Waals surface area contributed by atoms with E-state index in [2.05, 4.69) is 17.1 Å². The van der Waals surface area contributed by atoms with Crippen LogP contribution in [0.5, 0.6) is 0 Å². The lowest BCUT2D eigenvalue weighted by Gasteiger charge is -2.20. The van der Waals surface area contributed by atoms with E-state index in [-0.39, 0.29) is 5.91 Å². The number of carbonyl (C=O) groups is 1. The molecule has 1 fully saturated rings. The molecule has 1 saturated heterocycles. The van der Waals surface area contributed by atoms with E-state index in [4.69, 9.17) is 17.3 Å². The molecule has 1 aromatic carbocycles. The van der Waals surface area contributed by atoms with Crippen LogP contribution in [0.1, 0.15) is 30.1 Å². The number of amides is 1. The second-order valence-electron chi connectivity index (χ2n) is 5.56. The number of hydrogen-bond donors (Lipinski definition) is 2. The van der Waals surface area contributed by atoms with Gasteiger partial charge in [-0.1, -0.05) is 18.5 Å². The molecule has 1 heterocycles. The third-order valence-electron chi connectivity index (χ3n) is 3.61. The van der Waals surface area contributed by atoms with Crippen LogP contribution in [0.15, 0.2) is 18.2 Å². The van der Waals surface area contributed by atoms with Gasteiger partial charge in [0.25, 0.3) is 5.91 Å². The summed E-state index contributed by atoms with van der Waals surface area (Å²) in [6, 6.07) is 4.96. The molecule has 4 nitrogen and oxygen atoms in total. The molecule has 1 amide bonds. The van der Waals surface area contributed by atoms with E-state index < -0.39 is 0 Å². The second-order valence-corrected chi connectivity index (χ2v) is 5.97. The van der Waals surface area contributed by atoms with E-state index in [1.165, 1.54) is 25.9 Å². The van der Waals surface area contributed by atoms with E-state index in [1.54, 1.807) is 18.2 Å². The molecule has 0 aliphatic carbocycles. The lowest BCUT2D eigenvalue weighted by Crippen LogP contribution is -2.34. The van der Waals surface area contributed by atoms with Crippen molar-refractivity contribution < 1.29 is 4.79 Å². The number of likely N-dealkylation sites (tertiary alicyclic amines) is 1. The lowest BCUT2D eigenvalue weighted by molar-refractivity contribution is 0.0945. The normalized spacial score (nSPS) is 17.1. The number of nitrogens with zero attached hydrogens (tertiary/aromatic N) is 1. The molecule has 1 aromatic rings. The third kappa shape index (κ3) is 4.12. The van der Waals surface area contributed by atoms with Crippen molar-refractivity contribution in [2.45, 2.75) is 19.8 Å². The van der Waals surface area contributed by atoms with Crippen molar-refractivity contribution in [3.63, 3.8) is 0 Å². The fourth-order valence-corrected chi connectivity index (χ4v) is 2.75. The summed E-state index contributed by atoms with van der Waals surface area (Å²) >= 11 is 6.02. The van der Waals surface area contributed by atoms with Gasteiger partial charge < -0.3 is 16.0 Å². The first-order valence-electron chi connectivity index (χ1n) is 7.12. The van der Waals surface area contributed by atoms with Gasteiger partial charge in [-0.2, -0.15) is 0 Å². The highest BCUT2D eigenvalue weighted by Gasteiger charge is 2.16. The first-order valence-corrected chi connectivity index (χ1v) is 7.49. The molecule has 0 aromatic heterocycles. The first kappa shape index (κ1) is 15.1. The summed E-state index contributed by atoms with van der Waals surface area (Å²) in [5.41, 5.74) is 6.68. The zero-order chi connectivity index (χ0) is 14.5. The SMILES string of the molecule is CC(CNC(=O)c1cc(N)ccc1Cl)CN1CCCC1. The maximum Gasteiger partial charge on any atom is 0.252 e. The largest absolute Gasteiger partial charge is 0.399 e. The smallest absolute Gasteiger partial charge is 0.252 e. The Bertz CT molecular complexity index is 472. The molecule has 0 saturated carbocycles. The Morgan fingerprint density at radius 1 is 1.45 bits per heavy atom. The number of nitrogens with two attached hydrogens (primary N) is 1. The predicted octanol–water partition coefficient (Wildman–Crippen LogP) is 2.38. The summed E-state index contributed by atoms with van der Waals surface area (Å²) < 4.78 is 0. The second kappa shape index (κ2) is 6.95. The molecule has 0 spiro atoms. The number of carbonyl (C=O) groups excluding carboxylic acids is 1. The van der Waals surface area contributed by atoms with E-state index in [1.807, 2.05) is 0 Å². The molecule has 110 valence electrons. The van der Waals surface area contributed by atoms with Crippen LogP contribution in [0.2, 0.25) is 5.02 Å². The molecule has 0 bridgehead atoms. The molecule has 1 unspecified atom stereocenters. The maximum absolute atomic E-state index is 12.1. The van der Waals surface area contributed by atoms with E-state index in [0.29, 0.717) is 28.7 Å². The van der Waals surface area contributed by atoms with Gasteiger partial charge in [-0.15, -0.1) is 0 Å². The van der Waals surface area contributed by atoms with Crippen LogP contribution in [-0.2, 0) is 0 Å². The molecule has 1 aliphatic heterocycles. The van der Waals surface area contributed by atoms with Crippen LogP contribution in [-0.4, -0.2) is 37.0 Å². The first-order chi connectivity index (χ1) is 9.56. The number of anilines is 1. The van der Waals surface area contributed by atoms with Crippen molar-refractivity contribution in [2.75, 3.05) is 31.9 Å². The van der Waals surface area contributed by atoms with Crippen LogP contribution in [0.3, 0.4) is 0 Å². The minimum absolute atomic E-state index is 0.157. The zero-order valence-corrected chi connectivity index (χ0v) is 12.6. The number of nitrogens with one attached hydrogen (secondary N) is 1. The number of hydrogen-bond acceptors (Lipinski definition) is 3. The average Bonchev–Trinajstić information content (AvgIpc) is 2.91. The molecule has 1 atom stereocenters. The molecular formula is C15H22ClN3O. The Balaban J connectivity index is 1.83. The maximum atomic E-state index is 12.1. The van der Waals surface area contributed by atoms with Crippen molar-refractivity contribution in [1.82, 2.24) is 10.2 Å². The summed E-state index contributed by atoms with van der Waals surface area (Å²) in [6.45, 7) is 6.20. The fourth-order valence-electron chi connectivity index (χ4n) is 2.55. The minimum Gasteiger partial charge on any atom is -0.399 e. The number of nitrogen functional groups attached to an aromatic ring is 1. The number of benzene rings is 1. The van der Waals surface area contributed by atoms with Crippen LogP contribution in [0, 0.1) is 5.92 Å². The van der Waals surface area contributed by atoms with Gasteiger partial charge in [0.1, 0.15) is 0 Å². The predicted molar refractivity (Wildman–Crippen MR) is 83.0 cm³/mol. The van der Waals surface area contributed by atoms with E-state index in [0.717, 1.165) is 6.54 Å². The fraction of sp³-hybridized carbons (Fsp3) is 0.533. The third-order valence-corrected chi connectivity index (χ3v) is 3.94. The van der Waals surface area contributed by atoms with Crippen molar-refractivity contribution in [3.8, 4) is 0 Å². The van der Waals surface area contributed by atoms with Crippen molar-refractivity contribution >= 4 is 23.2 Å². The van der Waals surface area contributed by atoms with Crippen LogP contribution in [0.25, 0.3) is 0 Å². The van der Waals surface area contributed by atoms with Gasteiger partial charge in [0.15, 0.2) is 0 Å². The van der Waals surface area contributed by atoms with E-state index in [9.17, 15) is 4.79 Å². The summed E-state index contributed by atoms with van der Waals surface area (Å²) in [7, 11) is 0. The number of halogens is 1. The van der Waals surface area contributed by atoms with Gasteiger partial charge in [0, 0.05) is 18.8 Å². The van der Waals surface area contributed by atoms with Gasteiger partial charge in [-0.05, 0) is 50.0 Å². The van der Waals surface area contributed by atoms with Crippen LogP contribution in [0.4, 0.5) is 5.69 Å². The molecule has 2 rings (SSSR count). The van der Waals surface area contributed by atoms with Gasteiger partial charge in [0.2, 0.25) is 0 Å². The topological polar surface area (TPSA) is 58.4 Å². The van der Waals surface area contributed by atoms with E-state index >= 15 is 0 Å². The molecule has 20 heavy (non-hydrogen) atoms. The van der Waals surface area contributed by atoms with Gasteiger partial charge in [0.05, 0.1) is 10.6 Å². The van der Waals surface area contributed by atoms with Crippen molar-refractivity contribution in [2.24, 2.45) is 5.92 Å². The van der Waals surface area contributed by atoms with Crippen molar-refractivity contribution in [1.29, 1.82) is 0 Å². The van der Waals surface area contributed by atoms with Gasteiger partial charge in [-0.25, -0.2) is 0 Å².